The maximum absolute atomic E-state index is 4.18. The molecule has 0 amide bonds. The average molecular weight is 292 g/mol. The van der Waals surface area contributed by atoms with Gasteiger partial charge in [0.05, 0.1) is 0 Å². The van der Waals surface area contributed by atoms with E-state index in [0.29, 0.717) is 0 Å². The summed E-state index contributed by atoms with van der Waals surface area (Å²) in [5.74, 6) is 1.01. The number of aryl methyl sites for hydroxylation is 1. The van der Waals surface area contributed by atoms with Crippen LogP contribution >= 0.6 is 0 Å². The van der Waals surface area contributed by atoms with Gasteiger partial charge in [0, 0.05) is 12.5 Å². The first kappa shape index (κ1) is 16.5. The van der Waals surface area contributed by atoms with Crippen molar-refractivity contribution in [3.63, 3.8) is 0 Å². The molecule has 4 nitrogen and oxygen atoms in total. The SMILES string of the molecule is c1n[nH]c(CCCNC2CCCCCCCCCCC2)n1. The van der Waals surface area contributed by atoms with E-state index < -0.39 is 0 Å². The topological polar surface area (TPSA) is 53.6 Å². The van der Waals surface area contributed by atoms with Crippen molar-refractivity contribution in [2.24, 2.45) is 0 Å². The van der Waals surface area contributed by atoms with Crippen LogP contribution in [0.25, 0.3) is 0 Å². The van der Waals surface area contributed by atoms with Gasteiger partial charge in [0.25, 0.3) is 0 Å². The molecule has 2 N–H and O–H groups in total. The lowest BCUT2D eigenvalue weighted by Crippen LogP contribution is -2.30. The molecule has 1 aliphatic rings. The summed E-state index contributed by atoms with van der Waals surface area (Å²) < 4.78 is 0. The third-order valence-corrected chi connectivity index (χ3v) is 4.59. The van der Waals surface area contributed by atoms with Gasteiger partial charge >= 0.3 is 0 Å². The Balaban J connectivity index is 1.60. The minimum absolute atomic E-state index is 0.735. The lowest BCUT2D eigenvalue weighted by molar-refractivity contribution is 0.402. The number of H-pyrrole nitrogens is 1. The highest BCUT2D eigenvalue weighted by atomic mass is 15.2. The molecule has 4 heteroatoms. The fourth-order valence-electron chi connectivity index (χ4n) is 3.28. The van der Waals surface area contributed by atoms with Gasteiger partial charge in [-0.3, -0.25) is 5.10 Å². The average Bonchev–Trinajstić information content (AvgIpc) is 2.99. The quantitative estimate of drug-likeness (QED) is 0.807. The molecule has 0 spiro atoms. The minimum Gasteiger partial charge on any atom is -0.314 e. The molecule has 0 aromatic carbocycles. The van der Waals surface area contributed by atoms with Crippen molar-refractivity contribution in [3.05, 3.63) is 12.2 Å². The zero-order valence-corrected chi connectivity index (χ0v) is 13.4. The fraction of sp³-hybridized carbons (Fsp3) is 0.882. The number of aromatic nitrogens is 3. The third-order valence-electron chi connectivity index (χ3n) is 4.59. The highest BCUT2D eigenvalue weighted by Crippen LogP contribution is 2.16. The van der Waals surface area contributed by atoms with E-state index in [1.165, 1.54) is 70.6 Å². The Morgan fingerprint density at radius 2 is 1.57 bits per heavy atom. The molecule has 1 aliphatic carbocycles. The number of hydrogen-bond donors (Lipinski definition) is 2. The van der Waals surface area contributed by atoms with E-state index >= 15 is 0 Å². The third kappa shape index (κ3) is 7.60. The standard InChI is InChI=1S/C17H32N4/c1-2-4-6-8-11-16(12-9-7-5-3-1)18-14-10-13-17-19-15-20-21-17/h15-16,18H,1-14H2,(H,19,20,21). The van der Waals surface area contributed by atoms with E-state index in [1.54, 1.807) is 6.33 Å². The first-order chi connectivity index (χ1) is 10.4. The summed E-state index contributed by atoms with van der Waals surface area (Å²) in [6, 6.07) is 0.735. The predicted octanol–water partition coefficient (Wildman–Crippen LogP) is 4.00. The first-order valence-corrected chi connectivity index (χ1v) is 9.03. The minimum atomic E-state index is 0.735. The molecule has 0 radical (unpaired) electrons. The van der Waals surface area contributed by atoms with E-state index in [9.17, 15) is 0 Å². The Kier molecular flexibility index (Phi) is 8.45. The van der Waals surface area contributed by atoms with Gasteiger partial charge in [0.15, 0.2) is 0 Å². The van der Waals surface area contributed by atoms with Gasteiger partial charge in [-0.25, -0.2) is 4.98 Å². The summed E-state index contributed by atoms with van der Waals surface area (Å²) in [7, 11) is 0. The van der Waals surface area contributed by atoms with Crippen LogP contribution in [0, 0.1) is 0 Å². The maximum Gasteiger partial charge on any atom is 0.137 e. The summed E-state index contributed by atoms with van der Waals surface area (Å²) in [6.07, 6.45) is 19.4. The normalized spacial score (nSPS) is 19.8. The molecule has 0 bridgehead atoms. The van der Waals surface area contributed by atoms with Crippen molar-refractivity contribution in [1.82, 2.24) is 20.5 Å². The summed E-state index contributed by atoms with van der Waals surface area (Å²) >= 11 is 0. The zero-order chi connectivity index (χ0) is 14.6. The molecule has 1 fully saturated rings. The van der Waals surface area contributed by atoms with Crippen molar-refractivity contribution in [2.75, 3.05) is 6.54 Å². The smallest absolute Gasteiger partial charge is 0.137 e. The molecule has 0 saturated heterocycles. The Labute approximate surface area is 129 Å². The van der Waals surface area contributed by atoms with E-state index in [4.69, 9.17) is 0 Å². The summed E-state index contributed by atoms with van der Waals surface area (Å²) in [6.45, 7) is 1.10. The molecule has 21 heavy (non-hydrogen) atoms. The van der Waals surface area contributed by atoms with Crippen LogP contribution < -0.4 is 5.32 Å². The van der Waals surface area contributed by atoms with Crippen molar-refractivity contribution < 1.29 is 0 Å². The lowest BCUT2D eigenvalue weighted by Gasteiger charge is -2.19. The second-order valence-corrected chi connectivity index (χ2v) is 6.45. The number of nitrogens with zero attached hydrogens (tertiary/aromatic N) is 2. The number of nitrogens with one attached hydrogen (secondary N) is 2. The van der Waals surface area contributed by atoms with Crippen LogP contribution in [-0.4, -0.2) is 27.8 Å². The van der Waals surface area contributed by atoms with Gasteiger partial charge in [-0.05, 0) is 25.8 Å². The van der Waals surface area contributed by atoms with Crippen LogP contribution in [0.2, 0.25) is 0 Å². The predicted molar refractivity (Wildman–Crippen MR) is 87.3 cm³/mol. The highest BCUT2D eigenvalue weighted by molar-refractivity contribution is 4.80. The van der Waals surface area contributed by atoms with Gasteiger partial charge in [-0.1, -0.05) is 57.8 Å². The Bertz CT molecular complexity index is 325. The van der Waals surface area contributed by atoms with Crippen molar-refractivity contribution in [1.29, 1.82) is 0 Å². The van der Waals surface area contributed by atoms with Crippen molar-refractivity contribution in [3.8, 4) is 0 Å². The van der Waals surface area contributed by atoms with E-state index in [1.807, 2.05) is 0 Å². The van der Waals surface area contributed by atoms with E-state index in [0.717, 1.165) is 31.3 Å². The lowest BCUT2D eigenvalue weighted by atomic mass is 9.98. The van der Waals surface area contributed by atoms with Gasteiger partial charge < -0.3 is 5.32 Å². The first-order valence-electron chi connectivity index (χ1n) is 9.03. The molecule has 1 heterocycles. The van der Waals surface area contributed by atoms with Crippen LogP contribution in [0.5, 0.6) is 0 Å². The van der Waals surface area contributed by atoms with Gasteiger partial charge in [-0.2, -0.15) is 5.10 Å². The largest absolute Gasteiger partial charge is 0.314 e. The van der Waals surface area contributed by atoms with Crippen LogP contribution in [0.3, 0.4) is 0 Å². The molecule has 0 atom stereocenters. The molecule has 1 aromatic heterocycles. The van der Waals surface area contributed by atoms with Crippen molar-refractivity contribution in [2.45, 2.75) is 89.5 Å². The molecule has 120 valence electrons. The number of aromatic amines is 1. The number of hydrogen-bond acceptors (Lipinski definition) is 3. The van der Waals surface area contributed by atoms with Crippen LogP contribution in [0.1, 0.15) is 82.9 Å². The van der Waals surface area contributed by atoms with Crippen molar-refractivity contribution >= 4 is 0 Å². The van der Waals surface area contributed by atoms with Gasteiger partial charge in [0.1, 0.15) is 12.2 Å². The van der Waals surface area contributed by atoms with Crippen LogP contribution in [-0.2, 0) is 6.42 Å². The Morgan fingerprint density at radius 1 is 0.952 bits per heavy atom. The molecule has 0 unspecified atom stereocenters. The molecule has 2 rings (SSSR count). The van der Waals surface area contributed by atoms with Crippen LogP contribution in [0.15, 0.2) is 6.33 Å². The second-order valence-electron chi connectivity index (χ2n) is 6.45. The van der Waals surface area contributed by atoms with E-state index in [2.05, 4.69) is 20.5 Å². The summed E-state index contributed by atoms with van der Waals surface area (Å²) in [4.78, 5) is 4.18. The monoisotopic (exact) mass is 292 g/mol. The molecule has 1 aromatic rings. The summed E-state index contributed by atoms with van der Waals surface area (Å²) in [5, 5.41) is 10.6. The Hall–Kier alpha value is -0.900. The zero-order valence-electron chi connectivity index (χ0n) is 13.4. The fourth-order valence-corrected chi connectivity index (χ4v) is 3.28. The number of rotatable bonds is 5. The van der Waals surface area contributed by atoms with Gasteiger partial charge in [0.2, 0.25) is 0 Å². The molecule has 0 aliphatic heterocycles. The highest BCUT2D eigenvalue weighted by Gasteiger charge is 2.08. The molecular formula is C17H32N4. The summed E-state index contributed by atoms with van der Waals surface area (Å²) in [5.41, 5.74) is 0. The second kappa shape index (κ2) is 10.8. The van der Waals surface area contributed by atoms with Gasteiger partial charge in [-0.15, -0.1) is 0 Å². The molecular weight excluding hydrogens is 260 g/mol. The van der Waals surface area contributed by atoms with Crippen LogP contribution in [0.4, 0.5) is 0 Å². The molecule has 1 saturated carbocycles. The Morgan fingerprint density at radius 3 is 2.14 bits per heavy atom. The maximum atomic E-state index is 4.18. The van der Waals surface area contributed by atoms with E-state index in [-0.39, 0.29) is 0 Å².